The number of rotatable bonds is 3. The van der Waals surface area contributed by atoms with E-state index >= 15 is 0 Å². The number of hydrogen-bond acceptors (Lipinski definition) is 4. The highest BCUT2D eigenvalue weighted by molar-refractivity contribution is 6.74. The van der Waals surface area contributed by atoms with Gasteiger partial charge in [0.2, 0.25) is 5.91 Å². The van der Waals surface area contributed by atoms with Gasteiger partial charge in [0, 0.05) is 6.54 Å². The molecular formula is C16H32N2O4Si. The molecule has 2 N–H and O–H groups in total. The van der Waals surface area contributed by atoms with Gasteiger partial charge in [0.25, 0.3) is 0 Å². The van der Waals surface area contributed by atoms with Crippen LogP contribution in [0.15, 0.2) is 0 Å². The van der Waals surface area contributed by atoms with E-state index in [1.807, 2.05) is 20.8 Å². The maximum atomic E-state index is 12.0. The van der Waals surface area contributed by atoms with Crippen molar-refractivity contribution in [2.75, 3.05) is 6.54 Å². The van der Waals surface area contributed by atoms with Crippen molar-refractivity contribution in [3.05, 3.63) is 0 Å². The van der Waals surface area contributed by atoms with Crippen molar-refractivity contribution >= 4 is 20.3 Å². The minimum atomic E-state index is -2.03. The summed E-state index contributed by atoms with van der Waals surface area (Å²) in [5.41, 5.74) is -0.558. The maximum absolute atomic E-state index is 12.0. The molecule has 1 heterocycles. The molecule has 1 aliphatic rings. The van der Waals surface area contributed by atoms with Crippen LogP contribution in [0, 0.1) is 0 Å². The lowest BCUT2D eigenvalue weighted by Crippen LogP contribution is -2.60. The molecule has 0 aromatic heterocycles. The van der Waals surface area contributed by atoms with Crippen molar-refractivity contribution < 1.29 is 18.8 Å². The fourth-order valence-corrected chi connectivity index (χ4v) is 3.39. The lowest BCUT2D eigenvalue weighted by atomic mass is 10.0. The zero-order chi connectivity index (χ0) is 18.1. The molecule has 1 rings (SSSR count). The van der Waals surface area contributed by atoms with Crippen molar-refractivity contribution in [1.82, 2.24) is 10.6 Å². The summed E-state index contributed by atoms with van der Waals surface area (Å²) in [7, 11) is -2.03. The minimum absolute atomic E-state index is 0.0391. The van der Waals surface area contributed by atoms with Crippen LogP contribution in [-0.2, 0) is 14.0 Å². The van der Waals surface area contributed by atoms with E-state index in [0.717, 1.165) is 0 Å². The zero-order valence-electron chi connectivity index (χ0n) is 15.7. The summed E-state index contributed by atoms with van der Waals surface area (Å²) >= 11 is 0. The quantitative estimate of drug-likeness (QED) is 0.772. The van der Waals surface area contributed by atoms with Crippen LogP contribution >= 0.6 is 0 Å². The number of ether oxygens (including phenoxy) is 1. The summed E-state index contributed by atoms with van der Waals surface area (Å²) in [4.78, 5) is 23.8. The number of amides is 2. The van der Waals surface area contributed by atoms with Gasteiger partial charge < -0.3 is 19.8 Å². The van der Waals surface area contributed by atoms with Crippen LogP contribution in [-0.4, -0.2) is 44.6 Å². The average molecular weight is 345 g/mol. The third-order valence-electron chi connectivity index (χ3n) is 4.31. The number of nitrogens with one attached hydrogen (secondary N) is 2. The molecule has 0 aromatic rings. The van der Waals surface area contributed by atoms with Crippen LogP contribution in [0.2, 0.25) is 18.1 Å². The Morgan fingerprint density at radius 1 is 1.22 bits per heavy atom. The van der Waals surface area contributed by atoms with Crippen LogP contribution in [0.4, 0.5) is 4.79 Å². The largest absolute Gasteiger partial charge is 0.444 e. The predicted molar refractivity (Wildman–Crippen MR) is 92.9 cm³/mol. The Morgan fingerprint density at radius 2 is 1.78 bits per heavy atom. The second kappa shape index (κ2) is 6.81. The standard InChI is InChI=1S/C16H32N2O4Si/c1-15(2,3)21-14(20)18-11-10-17-13(19)9-12(11)22-23(7,8)16(4,5)6/h11-12H,9-10H2,1-8H3,(H,17,19)(H,18,20)/t11-,12+/m1/s1. The third-order valence-corrected chi connectivity index (χ3v) is 8.81. The van der Waals surface area contributed by atoms with E-state index in [-0.39, 0.29) is 29.5 Å². The smallest absolute Gasteiger partial charge is 0.408 e. The lowest BCUT2D eigenvalue weighted by molar-refractivity contribution is -0.125. The molecular weight excluding hydrogens is 312 g/mol. The molecule has 7 heteroatoms. The summed E-state index contributed by atoms with van der Waals surface area (Å²) in [6.45, 7) is 16.6. The van der Waals surface area contributed by atoms with Gasteiger partial charge in [0.1, 0.15) is 5.60 Å². The average Bonchev–Trinajstić information content (AvgIpc) is 2.28. The molecule has 0 bridgehead atoms. The Bertz CT molecular complexity index is 452. The molecule has 0 aliphatic carbocycles. The van der Waals surface area contributed by atoms with E-state index in [2.05, 4.69) is 44.5 Å². The van der Waals surface area contributed by atoms with E-state index in [1.54, 1.807) is 0 Å². The minimum Gasteiger partial charge on any atom is -0.444 e. The topological polar surface area (TPSA) is 76.7 Å². The third kappa shape index (κ3) is 6.14. The van der Waals surface area contributed by atoms with E-state index in [4.69, 9.17) is 9.16 Å². The Kier molecular flexibility index (Phi) is 5.91. The predicted octanol–water partition coefficient (Wildman–Crippen LogP) is 2.79. The number of hydrogen-bond donors (Lipinski definition) is 2. The van der Waals surface area contributed by atoms with Crippen LogP contribution in [0.5, 0.6) is 0 Å². The van der Waals surface area contributed by atoms with Gasteiger partial charge in [-0.25, -0.2) is 4.79 Å². The molecule has 6 nitrogen and oxygen atoms in total. The Morgan fingerprint density at radius 3 is 2.26 bits per heavy atom. The molecule has 0 radical (unpaired) electrons. The molecule has 0 aromatic carbocycles. The second-order valence-corrected chi connectivity index (χ2v) is 13.4. The molecule has 0 saturated carbocycles. The summed E-state index contributed by atoms with van der Waals surface area (Å²) < 4.78 is 11.7. The zero-order valence-corrected chi connectivity index (χ0v) is 16.7. The van der Waals surface area contributed by atoms with Gasteiger partial charge in [-0.15, -0.1) is 0 Å². The van der Waals surface area contributed by atoms with E-state index < -0.39 is 20.0 Å². The summed E-state index contributed by atoms with van der Waals surface area (Å²) in [6.07, 6.45) is -0.549. The Balaban J connectivity index is 2.80. The first-order chi connectivity index (χ1) is 10.2. The first-order valence-corrected chi connectivity index (χ1v) is 11.1. The molecule has 134 valence electrons. The first kappa shape index (κ1) is 20.0. The highest BCUT2D eigenvalue weighted by atomic mass is 28.4. The molecule has 0 unspecified atom stereocenters. The van der Waals surface area contributed by atoms with E-state index in [1.165, 1.54) is 0 Å². The molecule has 2 amide bonds. The molecule has 23 heavy (non-hydrogen) atoms. The van der Waals surface area contributed by atoms with Gasteiger partial charge in [-0.3, -0.25) is 4.79 Å². The van der Waals surface area contributed by atoms with Crippen LogP contribution in [0.25, 0.3) is 0 Å². The fraction of sp³-hybridized carbons (Fsp3) is 0.875. The summed E-state index contributed by atoms with van der Waals surface area (Å²) in [6, 6.07) is -0.281. The lowest BCUT2D eigenvalue weighted by Gasteiger charge is -2.42. The van der Waals surface area contributed by atoms with Crippen molar-refractivity contribution in [2.24, 2.45) is 0 Å². The number of alkyl carbamates (subject to hydrolysis) is 1. The van der Waals surface area contributed by atoms with Crippen molar-refractivity contribution in [3.8, 4) is 0 Å². The van der Waals surface area contributed by atoms with E-state index in [9.17, 15) is 9.59 Å². The van der Waals surface area contributed by atoms with Gasteiger partial charge >= 0.3 is 6.09 Å². The van der Waals surface area contributed by atoms with Gasteiger partial charge in [-0.2, -0.15) is 0 Å². The summed E-state index contributed by atoms with van der Waals surface area (Å²) in [5.74, 6) is -0.0454. The van der Waals surface area contributed by atoms with Crippen LogP contribution in [0.3, 0.4) is 0 Å². The molecule has 1 aliphatic heterocycles. The molecule has 1 saturated heterocycles. The van der Waals surface area contributed by atoms with Crippen molar-refractivity contribution in [1.29, 1.82) is 0 Å². The van der Waals surface area contributed by atoms with Crippen molar-refractivity contribution in [3.63, 3.8) is 0 Å². The number of piperidine rings is 1. The maximum Gasteiger partial charge on any atom is 0.408 e. The SMILES string of the molecule is CC(C)(C)OC(=O)N[C@@H]1CNC(=O)C[C@@H]1O[Si](C)(C)C(C)(C)C. The second-order valence-electron chi connectivity index (χ2n) is 8.68. The van der Waals surface area contributed by atoms with Gasteiger partial charge in [0.15, 0.2) is 8.32 Å². The van der Waals surface area contributed by atoms with Crippen molar-refractivity contribution in [2.45, 2.75) is 83.8 Å². The number of carbonyl (C=O) groups excluding carboxylic acids is 2. The highest BCUT2D eigenvalue weighted by Gasteiger charge is 2.43. The van der Waals surface area contributed by atoms with Crippen LogP contribution < -0.4 is 10.6 Å². The first-order valence-electron chi connectivity index (χ1n) is 8.15. The Labute approximate surface area is 140 Å². The fourth-order valence-electron chi connectivity index (χ4n) is 2.03. The summed E-state index contributed by atoms with van der Waals surface area (Å²) in [5, 5.41) is 5.66. The molecule has 1 fully saturated rings. The number of carbonyl (C=O) groups is 2. The Hall–Kier alpha value is -1.08. The molecule has 2 atom stereocenters. The normalized spacial score (nSPS) is 23.2. The van der Waals surface area contributed by atoms with Crippen LogP contribution in [0.1, 0.15) is 48.0 Å². The van der Waals surface area contributed by atoms with E-state index in [0.29, 0.717) is 6.54 Å². The monoisotopic (exact) mass is 344 g/mol. The molecule has 0 spiro atoms. The highest BCUT2D eigenvalue weighted by Crippen LogP contribution is 2.38. The van der Waals surface area contributed by atoms with Gasteiger partial charge in [-0.1, -0.05) is 20.8 Å². The van der Waals surface area contributed by atoms with Gasteiger partial charge in [0.05, 0.1) is 18.6 Å². The van der Waals surface area contributed by atoms with Gasteiger partial charge in [-0.05, 0) is 38.9 Å².